The standard InChI is InChI=1S/C16H20ClIN6/c17-12-3-1-11(2-4-12)9-16(20)5-7-24(8-6-16)15-13(23-18)14(19)21-10-22-15/h1-4,10,23H,5-9,20H2,(H2,19,21,22). The number of piperidine rings is 1. The molecule has 5 N–H and O–H groups in total. The Hall–Kier alpha value is -1.32. The highest BCUT2D eigenvalue weighted by Crippen LogP contribution is 2.33. The Kier molecular flexibility index (Phi) is 5.31. The quantitative estimate of drug-likeness (QED) is 0.482. The summed E-state index contributed by atoms with van der Waals surface area (Å²) in [4.78, 5) is 10.6. The first-order valence-electron chi connectivity index (χ1n) is 7.76. The highest BCUT2D eigenvalue weighted by atomic mass is 127. The van der Waals surface area contributed by atoms with E-state index in [4.69, 9.17) is 23.1 Å². The Morgan fingerprint density at radius 1 is 1.21 bits per heavy atom. The maximum atomic E-state index is 6.64. The molecule has 1 aliphatic rings. The van der Waals surface area contributed by atoms with Crippen molar-refractivity contribution in [1.29, 1.82) is 0 Å². The van der Waals surface area contributed by atoms with Gasteiger partial charge in [-0.25, -0.2) is 9.97 Å². The zero-order valence-corrected chi connectivity index (χ0v) is 16.1. The lowest BCUT2D eigenvalue weighted by atomic mass is 9.83. The van der Waals surface area contributed by atoms with E-state index in [1.165, 1.54) is 11.9 Å². The molecule has 0 bridgehead atoms. The molecule has 0 radical (unpaired) electrons. The van der Waals surface area contributed by atoms with Crippen LogP contribution in [0.4, 0.5) is 17.3 Å². The molecule has 0 unspecified atom stereocenters. The molecule has 1 aromatic heterocycles. The number of nitrogens with zero attached hydrogens (tertiary/aromatic N) is 3. The van der Waals surface area contributed by atoms with Crippen molar-refractivity contribution in [3.8, 4) is 0 Å². The number of nitrogens with two attached hydrogens (primary N) is 2. The first kappa shape index (κ1) is 17.5. The fourth-order valence-corrected chi connectivity index (χ4v) is 3.71. The lowest BCUT2D eigenvalue weighted by Crippen LogP contribution is -2.52. The van der Waals surface area contributed by atoms with Crippen LogP contribution in [0.1, 0.15) is 18.4 Å². The van der Waals surface area contributed by atoms with Crippen molar-refractivity contribution in [3.05, 3.63) is 41.2 Å². The van der Waals surface area contributed by atoms with Gasteiger partial charge >= 0.3 is 0 Å². The second-order valence-corrected chi connectivity index (χ2v) is 7.18. The van der Waals surface area contributed by atoms with Gasteiger partial charge in [0.15, 0.2) is 11.6 Å². The number of aromatic nitrogens is 2. The largest absolute Gasteiger partial charge is 0.382 e. The molecule has 0 spiro atoms. The van der Waals surface area contributed by atoms with Crippen LogP contribution in [-0.4, -0.2) is 28.6 Å². The van der Waals surface area contributed by atoms with Gasteiger partial charge in [0.2, 0.25) is 0 Å². The summed E-state index contributed by atoms with van der Waals surface area (Å²) >= 11 is 8.00. The minimum absolute atomic E-state index is 0.208. The third-order valence-electron chi connectivity index (χ3n) is 4.48. The van der Waals surface area contributed by atoms with Crippen LogP contribution in [0.2, 0.25) is 5.02 Å². The molecule has 2 heterocycles. The third-order valence-corrected chi connectivity index (χ3v) is 5.27. The molecule has 2 aromatic rings. The van der Waals surface area contributed by atoms with Gasteiger partial charge in [-0.05, 0) is 37.0 Å². The van der Waals surface area contributed by atoms with E-state index in [0.717, 1.165) is 48.9 Å². The van der Waals surface area contributed by atoms with Crippen molar-refractivity contribution in [1.82, 2.24) is 9.97 Å². The lowest BCUT2D eigenvalue weighted by Gasteiger charge is -2.40. The second kappa shape index (κ2) is 7.28. The summed E-state index contributed by atoms with van der Waals surface area (Å²) in [6.07, 6.45) is 4.13. The van der Waals surface area contributed by atoms with Gasteiger partial charge in [-0.15, -0.1) is 0 Å². The molecule has 128 valence electrons. The zero-order chi connectivity index (χ0) is 17.2. The number of nitrogen functional groups attached to an aromatic ring is 1. The summed E-state index contributed by atoms with van der Waals surface area (Å²) in [5.41, 5.74) is 14.3. The molecule has 1 aliphatic heterocycles. The average molecular weight is 459 g/mol. The predicted octanol–water partition coefficient (Wildman–Crippen LogP) is 3.01. The number of hydrogen-bond acceptors (Lipinski definition) is 6. The van der Waals surface area contributed by atoms with Crippen LogP contribution in [0, 0.1) is 0 Å². The molecule has 3 rings (SSSR count). The summed E-state index contributed by atoms with van der Waals surface area (Å²) in [7, 11) is 0. The first-order valence-corrected chi connectivity index (χ1v) is 9.22. The van der Waals surface area contributed by atoms with E-state index in [9.17, 15) is 0 Å². The molecule has 0 aliphatic carbocycles. The summed E-state index contributed by atoms with van der Waals surface area (Å²) in [6.45, 7) is 1.68. The van der Waals surface area contributed by atoms with Crippen LogP contribution in [-0.2, 0) is 6.42 Å². The summed E-state index contributed by atoms with van der Waals surface area (Å²) < 4.78 is 3.06. The van der Waals surface area contributed by atoms with Gasteiger partial charge in [0.1, 0.15) is 12.0 Å². The molecule has 6 nitrogen and oxygen atoms in total. The number of nitrogens with one attached hydrogen (secondary N) is 1. The van der Waals surface area contributed by atoms with Crippen molar-refractivity contribution in [2.45, 2.75) is 24.8 Å². The normalized spacial score (nSPS) is 16.9. The van der Waals surface area contributed by atoms with Gasteiger partial charge in [-0.3, -0.25) is 0 Å². The molecular formula is C16H20ClIN6. The Morgan fingerprint density at radius 2 is 1.88 bits per heavy atom. The fourth-order valence-electron chi connectivity index (χ4n) is 3.07. The maximum Gasteiger partial charge on any atom is 0.158 e. The molecule has 0 amide bonds. The van der Waals surface area contributed by atoms with Crippen molar-refractivity contribution in [2.75, 3.05) is 27.3 Å². The average Bonchev–Trinajstić information content (AvgIpc) is 2.57. The number of benzene rings is 1. The van der Waals surface area contributed by atoms with Crippen LogP contribution in [0.5, 0.6) is 0 Å². The Balaban J connectivity index is 1.69. The number of anilines is 3. The Morgan fingerprint density at radius 3 is 2.50 bits per heavy atom. The van der Waals surface area contributed by atoms with Crippen LogP contribution >= 0.6 is 34.5 Å². The molecule has 1 saturated heterocycles. The lowest BCUT2D eigenvalue weighted by molar-refractivity contribution is 0.330. The maximum absolute atomic E-state index is 6.64. The minimum atomic E-state index is -0.208. The second-order valence-electron chi connectivity index (χ2n) is 6.20. The van der Waals surface area contributed by atoms with Crippen molar-refractivity contribution in [3.63, 3.8) is 0 Å². The van der Waals surface area contributed by atoms with Crippen LogP contribution < -0.4 is 19.9 Å². The molecule has 0 atom stereocenters. The van der Waals surface area contributed by atoms with Crippen molar-refractivity contribution < 1.29 is 0 Å². The van der Waals surface area contributed by atoms with Gasteiger partial charge in [0, 0.05) is 23.7 Å². The van der Waals surface area contributed by atoms with Crippen LogP contribution in [0.3, 0.4) is 0 Å². The summed E-state index contributed by atoms with van der Waals surface area (Å²) in [5, 5.41) is 0.750. The van der Waals surface area contributed by atoms with Gasteiger partial charge < -0.3 is 19.9 Å². The molecule has 1 aromatic carbocycles. The molecule has 8 heteroatoms. The summed E-state index contributed by atoms with van der Waals surface area (Å²) in [6, 6.07) is 7.92. The van der Waals surface area contributed by atoms with E-state index in [0.29, 0.717) is 5.82 Å². The van der Waals surface area contributed by atoms with E-state index in [-0.39, 0.29) is 5.54 Å². The molecule has 24 heavy (non-hydrogen) atoms. The molecular weight excluding hydrogens is 439 g/mol. The van der Waals surface area contributed by atoms with E-state index in [1.54, 1.807) is 0 Å². The SMILES string of the molecule is Nc1ncnc(N2CCC(N)(Cc3ccc(Cl)cc3)CC2)c1NI. The van der Waals surface area contributed by atoms with E-state index >= 15 is 0 Å². The highest BCUT2D eigenvalue weighted by Gasteiger charge is 2.32. The number of halogens is 2. The van der Waals surface area contributed by atoms with E-state index < -0.39 is 0 Å². The van der Waals surface area contributed by atoms with Crippen LogP contribution in [0.25, 0.3) is 0 Å². The van der Waals surface area contributed by atoms with Gasteiger partial charge in [0.25, 0.3) is 0 Å². The number of rotatable bonds is 4. The smallest absolute Gasteiger partial charge is 0.158 e. The fraction of sp³-hybridized carbons (Fsp3) is 0.375. The monoisotopic (exact) mass is 458 g/mol. The number of hydrogen-bond donors (Lipinski definition) is 3. The molecule has 0 saturated carbocycles. The topological polar surface area (TPSA) is 93.1 Å². The van der Waals surface area contributed by atoms with Gasteiger partial charge in [-0.1, -0.05) is 23.7 Å². The van der Waals surface area contributed by atoms with E-state index in [1.807, 2.05) is 24.3 Å². The first-order chi connectivity index (χ1) is 11.5. The third kappa shape index (κ3) is 3.84. The van der Waals surface area contributed by atoms with E-state index in [2.05, 4.69) is 41.3 Å². The highest BCUT2D eigenvalue weighted by molar-refractivity contribution is 14.1. The van der Waals surface area contributed by atoms with Gasteiger partial charge in [0.05, 0.1) is 22.9 Å². The molecule has 1 fully saturated rings. The van der Waals surface area contributed by atoms with Crippen LogP contribution in [0.15, 0.2) is 30.6 Å². The Bertz CT molecular complexity index is 700. The van der Waals surface area contributed by atoms with Crippen molar-refractivity contribution >= 4 is 51.8 Å². The van der Waals surface area contributed by atoms with Crippen molar-refractivity contribution in [2.24, 2.45) is 5.73 Å². The Labute approximate surface area is 160 Å². The summed E-state index contributed by atoms with van der Waals surface area (Å²) in [5.74, 6) is 1.30. The predicted molar refractivity (Wildman–Crippen MR) is 108 cm³/mol. The van der Waals surface area contributed by atoms with Gasteiger partial charge in [-0.2, -0.15) is 0 Å². The minimum Gasteiger partial charge on any atom is -0.382 e. The zero-order valence-electron chi connectivity index (χ0n) is 13.2.